The summed E-state index contributed by atoms with van der Waals surface area (Å²) in [7, 11) is 0. The van der Waals surface area contributed by atoms with Crippen molar-refractivity contribution in [1.82, 2.24) is 0 Å². The minimum Gasteiger partial charge on any atom is -0.309 e. The van der Waals surface area contributed by atoms with Gasteiger partial charge < -0.3 is 5.41 Å². The van der Waals surface area contributed by atoms with Crippen LogP contribution < -0.4 is 0 Å². The molecule has 0 spiro atoms. The van der Waals surface area contributed by atoms with Gasteiger partial charge in [0.15, 0.2) is 0 Å². The lowest BCUT2D eigenvalue weighted by atomic mass is 9.97. The molecule has 16 heavy (non-hydrogen) atoms. The molecule has 1 N–H and O–H groups in total. The molecule has 0 aromatic heterocycles. The zero-order chi connectivity index (χ0) is 11.8. The summed E-state index contributed by atoms with van der Waals surface area (Å²) in [6.45, 7) is 4.34. The second kappa shape index (κ2) is 7.21. The third kappa shape index (κ3) is 4.18. The molecule has 0 heterocycles. The molecule has 1 aromatic rings. The van der Waals surface area contributed by atoms with Crippen molar-refractivity contribution in [1.29, 1.82) is 5.41 Å². The highest BCUT2D eigenvalue weighted by atomic mass is 14.4. The van der Waals surface area contributed by atoms with Gasteiger partial charge in [-0.25, -0.2) is 0 Å². The summed E-state index contributed by atoms with van der Waals surface area (Å²) in [4.78, 5) is 0. The summed E-state index contributed by atoms with van der Waals surface area (Å²) in [5.41, 5.74) is 3.55. The van der Waals surface area contributed by atoms with E-state index in [1.54, 1.807) is 0 Å². The Hall–Kier alpha value is -1.11. The van der Waals surface area contributed by atoms with Crippen LogP contribution in [0.15, 0.2) is 18.2 Å². The van der Waals surface area contributed by atoms with E-state index in [9.17, 15) is 0 Å². The maximum absolute atomic E-state index is 7.89. The molecule has 1 heteroatoms. The van der Waals surface area contributed by atoms with Crippen LogP contribution in [-0.4, -0.2) is 5.71 Å². The Morgan fingerprint density at radius 1 is 1.25 bits per heavy atom. The van der Waals surface area contributed by atoms with Gasteiger partial charge in [-0.3, -0.25) is 0 Å². The SMILES string of the molecule is CCCCc1cc[c]cc1CC(=N)CCC. The predicted octanol–water partition coefficient (Wildman–Crippen LogP) is 4.19. The van der Waals surface area contributed by atoms with E-state index in [1.165, 1.54) is 24.0 Å². The number of nitrogens with one attached hydrogen (secondary N) is 1. The van der Waals surface area contributed by atoms with Crippen LogP contribution in [0.25, 0.3) is 0 Å². The van der Waals surface area contributed by atoms with E-state index in [-0.39, 0.29) is 0 Å². The van der Waals surface area contributed by atoms with Crippen LogP contribution in [0.4, 0.5) is 0 Å². The minimum atomic E-state index is 0.810. The van der Waals surface area contributed by atoms with Crippen LogP contribution in [0.3, 0.4) is 0 Å². The van der Waals surface area contributed by atoms with Crippen molar-refractivity contribution >= 4 is 5.71 Å². The number of unbranched alkanes of at least 4 members (excludes halogenated alkanes) is 1. The predicted molar refractivity (Wildman–Crippen MR) is 70.2 cm³/mol. The van der Waals surface area contributed by atoms with Gasteiger partial charge in [-0.2, -0.15) is 0 Å². The molecule has 0 atom stereocenters. The largest absolute Gasteiger partial charge is 0.309 e. The van der Waals surface area contributed by atoms with Crippen LogP contribution in [0.1, 0.15) is 50.7 Å². The van der Waals surface area contributed by atoms with Gasteiger partial charge in [-0.05, 0) is 36.5 Å². The van der Waals surface area contributed by atoms with Gasteiger partial charge in [0.05, 0.1) is 0 Å². The Bertz CT molecular complexity index is 328. The molecule has 0 aliphatic heterocycles. The molecule has 0 bridgehead atoms. The van der Waals surface area contributed by atoms with Crippen molar-refractivity contribution in [2.24, 2.45) is 0 Å². The van der Waals surface area contributed by atoms with Gasteiger partial charge in [0.25, 0.3) is 0 Å². The van der Waals surface area contributed by atoms with Crippen molar-refractivity contribution < 1.29 is 0 Å². The molecule has 0 saturated carbocycles. The third-order valence-electron chi connectivity index (χ3n) is 2.81. The zero-order valence-electron chi connectivity index (χ0n) is 10.5. The van der Waals surface area contributed by atoms with Crippen molar-refractivity contribution in [2.75, 3.05) is 0 Å². The Morgan fingerprint density at radius 3 is 2.75 bits per heavy atom. The second-order valence-corrected chi connectivity index (χ2v) is 4.33. The number of aryl methyl sites for hydroxylation is 1. The first-order valence-electron chi connectivity index (χ1n) is 6.32. The maximum Gasteiger partial charge on any atom is 0.0133 e. The number of rotatable bonds is 7. The summed E-state index contributed by atoms with van der Waals surface area (Å²) in [5, 5.41) is 7.89. The monoisotopic (exact) mass is 216 g/mol. The lowest BCUT2D eigenvalue weighted by Gasteiger charge is -2.09. The van der Waals surface area contributed by atoms with Crippen molar-refractivity contribution in [3.63, 3.8) is 0 Å². The molecule has 1 nitrogen and oxygen atoms in total. The van der Waals surface area contributed by atoms with E-state index in [4.69, 9.17) is 5.41 Å². The summed E-state index contributed by atoms with van der Waals surface area (Å²) in [6.07, 6.45) is 6.40. The molecule has 0 fully saturated rings. The molecule has 1 rings (SSSR count). The number of benzene rings is 1. The van der Waals surface area contributed by atoms with E-state index < -0.39 is 0 Å². The van der Waals surface area contributed by atoms with Gasteiger partial charge in [0.1, 0.15) is 0 Å². The fraction of sp³-hybridized carbons (Fsp3) is 0.533. The van der Waals surface area contributed by atoms with Crippen molar-refractivity contribution in [3.05, 3.63) is 35.4 Å². The van der Waals surface area contributed by atoms with E-state index in [1.807, 2.05) is 6.07 Å². The third-order valence-corrected chi connectivity index (χ3v) is 2.81. The highest BCUT2D eigenvalue weighted by Crippen LogP contribution is 2.13. The van der Waals surface area contributed by atoms with E-state index in [0.29, 0.717) is 0 Å². The Labute approximate surface area is 99.4 Å². The smallest absolute Gasteiger partial charge is 0.0133 e. The molecular weight excluding hydrogens is 194 g/mol. The fourth-order valence-electron chi connectivity index (χ4n) is 1.89. The van der Waals surface area contributed by atoms with E-state index in [2.05, 4.69) is 32.0 Å². The van der Waals surface area contributed by atoms with Crippen LogP contribution in [0.5, 0.6) is 0 Å². The summed E-state index contributed by atoms with van der Waals surface area (Å²) >= 11 is 0. The quantitative estimate of drug-likeness (QED) is 0.661. The van der Waals surface area contributed by atoms with E-state index >= 15 is 0 Å². The fourth-order valence-corrected chi connectivity index (χ4v) is 1.89. The Morgan fingerprint density at radius 2 is 2.06 bits per heavy atom. The van der Waals surface area contributed by atoms with E-state index in [0.717, 1.165) is 31.4 Å². The van der Waals surface area contributed by atoms with Gasteiger partial charge >= 0.3 is 0 Å². The lowest BCUT2D eigenvalue weighted by molar-refractivity contribution is 0.789. The Balaban J connectivity index is 2.66. The second-order valence-electron chi connectivity index (χ2n) is 4.33. The molecular formula is C15H22N. The molecule has 0 aliphatic rings. The number of hydrogen-bond donors (Lipinski definition) is 1. The van der Waals surface area contributed by atoms with Crippen molar-refractivity contribution in [3.8, 4) is 0 Å². The molecule has 1 radical (unpaired) electrons. The van der Waals surface area contributed by atoms with Crippen molar-refractivity contribution in [2.45, 2.75) is 52.4 Å². The highest BCUT2D eigenvalue weighted by Gasteiger charge is 2.04. The summed E-state index contributed by atoms with van der Waals surface area (Å²) in [6, 6.07) is 9.32. The van der Waals surface area contributed by atoms with Crippen LogP contribution in [-0.2, 0) is 12.8 Å². The maximum atomic E-state index is 7.89. The standard InChI is InChI=1S/C15H22N/c1-3-5-9-13-10-6-7-11-14(13)12-15(16)8-4-2/h6,10-11,16H,3-5,8-9,12H2,1-2H3. The average molecular weight is 216 g/mol. The van der Waals surface area contributed by atoms with Gasteiger partial charge in [0, 0.05) is 12.1 Å². The molecule has 0 amide bonds. The summed E-state index contributed by atoms with van der Waals surface area (Å²) < 4.78 is 0. The average Bonchev–Trinajstić information content (AvgIpc) is 2.28. The molecule has 1 aromatic carbocycles. The highest BCUT2D eigenvalue weighted by molar-refractivity contribution is 5.83. The Kier molecular flexibility index (Phi) is 5.84. The first-order chi connectivity index (χ1) is 7.77. The van der Waals surface area contributed by atoms with Crippen LogP contribution in [0.2, 0.25) is 0 Å². The molecule has 0 aliphatic carbocycles. The first kappa shape index (κ1) is 13.0. The van der Waals surface area contributed by atoms with Gasteiger partial charge in [-0.15, -0.1) is 0 Å². The summed E-state index contributed by atoms with van der Waals surface area (Å²) in [5.74, 6) is 0. The first-order valence-corrected chi connectivity index (χ1v) is 6.32. The normalized spacial score (nSPS) is 10.4. The molecule has 0 unspecified atom stereocenters. The topological polar surface area (TPSA) is 23.9 Å². The minimum absolute atomic E-state index is 0.810. The molecule has 0 saturated heterocycles. The van der Waals surface area contributed by atoms with Crippen LogP contribution >= 0.6 is 0 Å². The van der Waals surface area contributed by atoms with Gasteiger partial charge in [0.2, 0.25) is 0 Å². The van der Waals surface area contributed by atoms with Gasteiger partial charge in [-0.1, -0.05) is 44.9 Å². The lowest BCUT2D eigenvalue weighted by Crippen LogP contribution is -2.04. The molecule has 87 valence electrons. The van der Waals surface area contributed by atoms with Crippen LogP contribution in [0, 0.1) is 11.5 Å². The zero-order valence-corrected chi connectivity index (χ0v) is 10.5. The number of hydrogen-bond acceptors (Lipinski definition) is 1.